The molecule has 5 rings (SSSR count). The van der Waals surface area contributed by atoms with Crippen molar-refractivity contribution < 1.29 is 23.8 Å². The third-order valence-electron chi connectivity index (χ3n) is 7.11. The van der Waals surface area contributed by atoms with E-state index in [4.69, 9.17) is 11.3 Å². The number of rotatable bonds is 6. The van der Waals surface area contributed by atoms with E-state index in [9.17, 15) is 19.1 Å². The van der Waals surface area contributed by atoms with Crippen LogP contribution in [0, 0.1) is 12.4 Å². The minimum Gasteiger partial charge on any atom is -0.444 e. The minimum atomic E-state index is -0.932. The molecule has 2 aromatic heterocycles. The lowest BCUT2D eigenvalue weighted by Crippen LogP contribution is -2.50. The van der Waals surface area contributed by atoms with Gasteiger partial charge in [-0.05, 0) is 82.9 Å². The van der Waals surface area contributed by atoms with Crippen molar-refractivity contribution in [1.29, 1.82) is 0 Å². The van der Waals surface area contributed by atoms with Crippen LogP contribution in [0.4, 0.5) is 14.9 Å². The molecule has 0 saturated carbocycles. The summed E-state index contributed by atoms with van der Waals surface area (Å²) in [5.74, 6) is -0.798. The SMILES string of the molecule is [C-]#[N+]c1ccc(-c2cc(C(=O)N3CCC[C@@H](NC(=O)OC(C)(C)C)C3)sc2-c2ccc3nn(CC(C)(C)O)cc3c2)cc1F. The molecule has 2 N–H and O–H groups in total. The molecule has 1 aliphatic rings. The molecule has 0 bridgehead atoms. The number of carbonyl (C=O) groups is 2. The molecule has 1 atom stereocenters. The summed E-state index contributed by atoms with van der Waals surface area (Å²) in [7, 11) is 0. The summed E-state index contributed by atoms with van der Waals surface area (Å²) in [6.07, 6.45) is 2.82. The van der Waals surface area contributed by atoms with Crippen LogP contribution in [0.3, 0.4) is 0 Å². The van der Waals surface area contributed by atoms with Gasteiger partial charge in [0.15, 0.2) is 0 Å². The molecule has 0 radical (unpaired) electrons. The van der Waals surface area contributed by atoms with Crippen LogP contribution in [-0.2, 0) is 11.3 Å². The highest BCUT2D eigenvalue weighted by atomic mass is 32.1. The van der Waals surface area contributed by atoms with Gasteiger partial charge in [-0.25, -0.2) is 14.0 Å². The molecule has 4 aromatic rings. The van der Waals surface area contributed by atoms with Gasteiger partial charge >= 0.3 is 6.09 Å². The normalized spacial score (nSPS) is 15.7. The monoisotopic (exact) mass is 617 g/mol. The van der Waals surface area contributed by atoms with Crippen LogP contribution in [0.25, 0.3) is 37.3 Å². The highest BCUT2D eigenvalue weighted by Crippen LogP contribution is 2.42. The first-order valence-electron chi connectivity index (χ1n) is 14.5. The molecule has 2 amide bonds. The van der Waals surface area contributed by atoms with E-state index in [0.717, 1.165) is 34.2 Å². The molecule has 1 fully saturated rings. The number of benzene rings is 2. The molecule has 9 nitrogen and oxygen atoms in total. The Kier molecular flexibility index (Phi) is 8.51. The number of alkyl carbamates (subject to hydrolysis) is 1. The van der Waals surface area contributed by atoms with Crippen LogP contribution < -0.4 is 5.32 Å². The van der Waals surface area contributed by atoms with Gasteiger partial charge in [0.05, 0.1) is 29.1 Å². The number of piperidine rings is 1. The lowest BCUT2D eigenvalue weighted by Gasteiger charge is -2.33. The zero-order valence-electron chi connectivity index (χ0n) is 25.5. The van der Waals surface area contributed by atoms with Gasteiger partial charge in [-0.15, -0.1) is 11.3 Å². The average molecular weight is 618 g/mol. The number of nitrogens with zero attached hydrogens (tertiary/aromatic N) is 4. The molecule has 11 heteroatoms. The van der Waals surface area contributed by atoms with Crippen molar-refractivity contribution in [2.45, 2.75) is 71.2 Å². The van der Waals surface area contributed by atoms with E-state index in [0.29, 0.717) is 35.6 Å². The van der Waals surface area contributed by atoms with Crippen LogP contribution in [0.1, 0.15) is 57.1 Å². The van der Waals surface area contributed by atoms with Gasteiger partial charge < -0.3 is 20.1 Å². The van der Waals surface area contributed by atoms with Crippen LogP contribution in [0.5, 0.6) is 0 Å². The molecule has 0 unspecified atom stereocenters. The summed E-state index contributed by atoms with van der Waals surface area (Å²) < 4.78 is 21.9. The number of hydrogen-bond donors (Lipinski definition) is 2. The van der Waals surface area contributed by atoms with E-state index in [1.54, 1.807) is 56.3 Å². The first-order chi connectivity index (χ1) is 20.7. The third-order valence-corrected chi connectivity index (χ3v) is 8.29. The number of aliphatic hydroxyl groups is 1. The van der Waals surface area contributed by atoms with Gasteiger partial charge in [-0.2, -0.15) is 5.10 Å². The summed E-state index contributed by atoms with van der Waals surface area (Å²) in [6.45, 7) is 17.3. The smallest absolute Gasteiger partial charge is 0.407 e. The maximum atomic E-state index is 14.8. The highest BCUT2D eigenvalue weighted by molar-refractivity contribution is 7.18. The quantitative estimate of drug-likeness (QED) is 0.227. The van der Waals surface area contributed by atoms with E-state index in [2.05, 4.69) is 15.3 Å². The van der Waals surface area contributed by atoms with Gasteiger partial charge in [0.1, 0.15) is 11.4 Å². The number of thiophene rings is 1. The minimum absolute atomic E-state index is 0.0701. The number of carbonyl (C=O) groups excluding carboxylic acids is 2. The fourth-order valence-electron chi connectivity index (χ4n) is 5.30. The van der Waals surface area contributed by atoms with Crippen molar-refractivity contribution in [2.24, 2.45) is 0 Å². The number of likely N-dealkylation sites (tertiary alicyclic amines) is 1. The molecule has 230 valence electrons. The van der Waals surface area contributed by atoms with Crippen LogP contribution in [0.2, 0.25) is 0 Å². The molecule has 2 aromatic carbocycles. The number of fused-ring (bicyclic) bond motifs is 1. The zero-order valence-corrected chi connectivity index (χ0v) is 26.3. The predicted octanol–water partition coefficient (Wildman–Crippen LogP) is 7.02. The number of nitrogens with one attached hydrogen (secondary N) is 1. The second-order valence-corrected chi connectivity index (χ2v) is 13.8. The van der Waals surface area contributed by atoms with Crippen molar-refractivity contribution in [3.8, 4) is 21.6 Å². The van der Waals surface area contributed by atoms with E-state index in [1.807, 2.05) is 24.4 Å². The average Bonchev–Trinajstić information content (AvgIpc) is 3.54. The van der Waals surface area contributed by atoms with Crippen molar-refractivity contribution in [3.05, 3.63) is 70.8 Å². The molecule has 3 heterocycles. The Morgan fingerprint density at radius 3 is 2.59 bits per heavy atom. The Bertz CT molecular complexity index is 1760. The molecule has 0 aliphatic carbocycles. The molecular weight excluding hydrogens is 581 g/mol. The largest absolute Gasteiger partial charge is 0.444 e. The van der Waals surface area contributed by atoms with Crippen molar-refractivity contribution in [1.82, 2.24) is 20.0 Å². The zero-order chi connectivity index (χ0) is 31.8. The summed E-state index contributed by atoms with van der Waals surface area (Å²) in [6, 6.07) is 11.8. The second-order valence-electron chi connectivity index (χ2n) is 12.8. The number of amides is 2. The Balaban J connectivity index is 1.48. The van der Waals surface area contributed by atoms with Crippen LogP contribution in [0.15, 0.2) is 48.7 Å². The van der Waals surface area contributed by atoms with E-state index in [-0.39, 0.29) is 17.6 Å². The highest BCUT2D eigenvalue weighted by Gasteiger charge is 2.29. The predicted molar refractivity (Wildman–Crippen MR) is 169 cm³/mol. The Labute approximate surface area is 260 Å². The van der Waals surface area contributed by atoms with Crippen LogP contribution in [-0.4, -0.2) is 62.1 Å². The first-order valence-corrected chi connectivity index (χ1v) is 15.3. The Hall–Kier alpha value is -4.27. The topological polar surface area (TPSA) is 101 Å². The lowest BCUT2D eigenvalue weighted by atomic mass is 10.0. The molecule has 44 heavy (non-hydrogen) atoms. The number of hydrogen-bond acceptors (Lipinski definition) is 6. The number of halogens is 1. The maximum Gasteiger partial charge on any atom is 0.407 e. The Morgan fingerprint density at radius 1 is 1.16 bits per heavy atom. The molecule has 0 spiro atoms. The van der Waals surface area contributed by atoms with Crippen molar-refractivity contribution >= 4 is 39.9 Å². The van der Waals surface area contributed by atoms with Gasteiger partial charge in [-0.1, -0.05) is 18.2 Å². The fraction of sp³-hybridized carbons (Fsp3) is 0.394. The van der Waals surface area contributed by atoms with Crippen LogP contribution >= 0.6 is 11.3 Å². The maximum absolute atomic E-state index is 14.8. The number of aromatic nitrogens is 2. The summed E-state index contributed by atoms with van der Waals surface area (Å²) in [4.78, 5) is 32.5. The van der Waals surface area contributed by atoms with E-state index < -0.39 is 23.1 Å². The summed E-state index contributed by atoms with van der Waals surface area (Å²) in [5, 5.41) is 18.6. The van der Waals surface area contributed by atoms with E-state index >= 15 is 0 Å². The fourth-order valence-corrected chi connectivity index (χ4v) is 6.44. The summed E-state index contributed by atoms with van der Waals surface area (Å²) >= 11 is 1.32. The molecule has 1 aliphatic heterocycles. The number of ether oxygens (including phenoxy) is 1. The standard InChI is InChI=1S/C33H36FN5O4S/c1-32(2,3)43-31(41)36-23-8-7-13-38(18-23)30(40)28-16-24(20-9-12-27(35-6)25(34)15-20)29(44-28)21-10-11-26-22(14-21)17-39(37-26)19-33(4,5)42/h9-12,14-17,23,42H,7-8,13,18-19H2,1-5H3,(H,36,41)/t23-/m1/s1. The Morgan fingerprint density at radius 2 is 1.91 bits per heavy atom. The van der Waals surface area contributed by atoms with Gasteiger partial charge in [0.25, 0.3) is 5.91 Å². The lowest BCUT2D eigenvalue weighted by molar-refractivity contribution is 0.0452. The summed E-state index contributed by atoms with van der Waals surface area (Å²) in [5.41, 5.74) is 1.20. The van der Waals surface area contributed by atoms with Gasteiger partial charge in [0, 0.05) is 41.2 Å². The van der Waals surface area contributed by atoms with E-state index in [1.165, 1.54) is 23.5 Å². The van der Waals surface area contributed by atoms with Crippen molar-refractivity contribution in [3.63, 3.8) is 0 Å². The second kappa shape index (κ2) is 12.0. The molecule has 1 saturated heterocycles. The molecular formula is C33H36FN5O4S. The van der Waals surface area contributed by atoms with Crippen molar-refractivity contribution in [2.75, 3.05) is 13.1 Å². The van der Waals surface area contributed by atoms with Gasteiger partial charge in [0.2, 0.25) is 5.69 Å². The third kappa shape index (κ3) is 7.26. The van der Waals surface area contributed by atoms with Gasteiger partial charge in [-0.3, -0.25) is 9.48 Å². The first kappa shape index (κ1) is 31.2.